The zero-order valence-electron chi connectivity index (χ0n) is 13.1. The highest BCUT2D eigenvalue weighted by Crippen LogP contribution is 2.33. The Morgan fingerprint density at radius 2 is 1.88 bits per heavy atom. The molecule has 0 aliphatic heterocycles. The predicted octanol–water partition coefficient (Wildman–Crippen LogP) is 4.52. The summed E-state index contributed by atoms with van der Waals surface area (Å²) in [4.78, 5) is 16.6. The first-order valence-electron chi connectivity index (χ1n) is 7.24. The molecule has 8 heteroatoms. The van der Waals surface area contributed by atoms with Crippen LogP contribution >= 0.6 is 39.1 Å². The number of aromatic nitrogens is 2. The van der Waals surface area contributed by atoms with Gasteiger partial charge >= 0.3 is 0 Å². The average molecular weight is 440 g/mol. The number of nitrogens with two attached hydrogens (primary N) is 1. The van der Waals surface area contributed by atoms with E-state index in [9.17, 15) is 4.79 Å². The lowest BCUT2D eigenvalue weighted by Gasteiger charge is -2.12. The van der Waals surface area contributed by atoms with Gasteiger partial charge in [-0.1, -0.05) is 39.1 Å². The van der Waals surface area contributed by atoms with Crippen LogP contribution in [0.4, 0.5) is 0 Å². The van der Waals surface area contributed by atoms with Crippen LogP contribution in [-0.4, -0.2) is 15.5 Å². The van der Waals surface area contributed by atoms with Crippen LogP contribution < -0.4 is 11.3 Å². The normalized spacial score (nSPS) is 10.8. The molecule has 1 amide bonds. The van der Waals surface area contributed by atoms with Gasteiger partial charge in [-0.3, -0.25) is 14.8 Å². The zero-order valence-corrected chi connectivity index (χ0v) is 16.2. The topological polar surface area (TPSA) is 72.9 Å². The van der Waals surface area contributed by atoms with Crippen molar-refractivity contribution < 1.29 is 4.79 Å². The van der Waals surface area contributed by atoms with Gasteiger partial charge in [0.15, 0.2) is 5.69 Å². The molecule has 1 aromatic heterocycles. The number of rotatable bonds is 3. The minimum atomic E-state index is -0.473. The lowest BCUT2D eigenvalue weighted by atomic mass is 10.2. The molecule has 128 valence electrons. The van der Waals surface area contributed by atoms with Gasteiger partial charge < -0.3 is 0 Å². The van der Waals surface area contributed by atoms with Gasteiger partial charge in [-0.25, -0.2) is 10.8 Å². The molecule has 0 saturated carbocycles. The minimum absolute atomic E-state index is 0.228. The molecule has 3 N–H and O–H groups in total. The quantitative estimate of drug-likeness (QED) is 0.358. The van der Waals surface area contributed by atoms with Gasteiger partial charge in [0.25, 0.3) is 5.91 Å². The summed E-state index contributed by atoms with van der Waals surface area (Å²) in [6, 6.07) is 12.8. The molecule has 0 aliphatic carbocycles. The van der Waals surface area contributed by atoms with Gasteiger partial charge in [0, 0.05) is 20.7 Å². The maximum Gasteiger partial charge on any atom is 0.285 e. The summed E-state index contributed by atoms with van der Waals surface area (Å²) in [5, 5.41) is 0.961. The third kappa shape index (κ3) is 3.43. The van der Waals surface area contributed by atoms with E-state index >= 15 is 0 Å². The smallest absolute Gasteiger partial charge is 0.285 e. The van der Waals surface area contributed by atoms with Gasteiger partial charge in [-0.15, -0.1) is 0 Å². The van der Waals surface area contributed by atoms with Crippen molar-refractivity contribution in [3.8, 4) is 17.1 Å². The van der Waals surface area contributed by atoms with Crippen molar-refractivity contribution in [3.05, 3.63) is 68.4 Å². The number of benzene rings is 2. The standard InChI is InChI=1S/C17H13BrCl2N4O/c1-9-15(17(25)23-21)22-16(13-7-4-11(19)8-14(13)20)24(9)12-5-2-10(18)3-6-12/h2-8H,21H2,1H3,(H,23,25). The van der Waals surface area contributed by atoms with E-state index in [1.807, 2.05) is 28.8 Å². The summed E-state index contributed by atoms with van der Waals surface area (Å²) in [5.74, 6) is 5.34. The van der Waals surface area contributed by atoms with Crippen LogP contribution in [0.15, 0.2) is 46.9 Å². The summed E-state index contributed by atoms with van der Waals surface area (Å²) in [6.45, 7) is 1.80. The molecule has 0 fully saturated rings. The molecule has 0 saturated heterocycles. The lowest BCUT2D eigenvalue weighted by molar-refractivity contribution is 0.0948. The second-order valence-electron chi connectivity index (χ2n) is 5.28. The Balaban J connectivity index is 2.29. The zero-order chi connectivity index (χ0) is 18.1. The number of nitrogens with one attached hydrogen (secondary N) is 1. The van der Waals surface area contributed by atoms with E-state index in [1.54, 1.807) is 25.1 Å². The lowest BCUT2D eigenvalue weighted by Crippen LogP contribution is -2.30. The number of amides is 1. The summed E-state index contributed by atoms with van der Waals surface area (Å²) in [6.07, 6.45) is 0. The SMILES string of the molecule is Cc1c(C(=O)NN)nc(-c2ccc(Cl)cc2Cl)n1-c1ccc(Br)cc1. The summed E-state index contributed by atoms with van der Waals surface area (Å²) in [7, 11) is 0. The molecular formula is C17H13BrCl2N4O. The number of carbonyl (C=O) groups excluding carboxylic acids is 1. The number of halogens is 3. The Bertz CT molecular complexity index is 954. The minimum Gasteiger partial charge on any atom is -0.296 e. The van der Waals surface area contributed by atoms with E-state index < -0.39 is 5.91 Å². The van der Waals surface area contributed by atoms with E-state index in [1.165, 1.54) is 0 Å². The molecule has 0 aliphatic rings. The molecule has 1 heterocycles. The Morgan fingerprint density at radius 3 is 2.48 bits per heavy atom. The number of nitrogens with zero attached hydrogens (tertiary/aromatic N) is 2. The first kappa shape index (κ1) is 17.9. The molecule has 0 unspecified atom stereocenters. The number of hydrazine groups is 1. The maximum atomic E-state index is 12.1. The highest BCUT2D eigenvalue weighted by molar-refractivity contribution is 9.10. The van der Waals surface area contributed by atoms with Gasteiger partial charge in [0.1, 0.15) is 5.82 Å². The number of hydrogen-bond acceptors (Lipinski definition) is 3. The third-order valence-corrected chi connectivity index (χ3v) is 4.79. The maximum absolute atomic E-state index is 12.1. The Kier molecular flexibility index (Phi) is 5.15. The Hall–Kier alpha value is -1.86. The van der Waals surface area contributed by atoms with E-state index in [-0.39, 0.29) is 5.69 Å². The Labute approximate surface area is 162 Å². The van der Waals surface area contributed by atoms with Crippen molar-refractivity contribution >= 4 is 45.0 Å². The van der Waals surface area contributed by atoms with Gasteiger partial charge in [-0.05, 0) is 49.4 Å². The average Bonchev–Trinajstić information content (AvgIpc) is 2.92. The molecule has 25 heavy (non-hydrogen) atoms. The van der Waals surface area contributed by atoms with Crippen LogP contribution in [0.3, 0.4) is 0 Å². The summed E-state index contributed by atoms with van der Waals surface area (Å²) < 4.78 is 2.80. The number of carbonyl (C=O) groups is 1. The Morgan fingerprint density at radius 1 is 1.20 bits per heavy atom. The monoisotopic (exact) mass is 438 g/mol. The number of nitrogen functional groups attached to an aromatic ring is 1. The molecular weight excluding hydrogens is 427 g/mol. The first-order valence-corrected chi connectivity index (χ1v) is 8.79. The van der Waals surface area contributed by atoms with Crippen LogP contribution in [-0.2, 0) is 0 Å². The molecule has 0 bridgehead atoms. The van der Waals surface area contributed by atoms with Gasteiger partial charge in [0.2, 0.25) is 0 Å². The van der Waals surface area contributed by atoms with Crippen LogP contribution in [0, 0.1) is 6.92 Å². The molecule has 0 atom stereocenters. The fourth-order valence-corrected chi connectivity index (χ4v) is 3.30. The van der Waals surface area contributed by atoms with Crippen molar-refractivity contribution in [2.75, 3.05) is 0 Å². The molecule has 2 aromatic carbocycles. The fourth-order valence-electron chi connectivity index (χ4n) is 2.54. The van der Waals surface area contributed by atoms with Crippen LogP contribution in [0.1, 0.15) is 16.2 Å². The molecule has 3 rings (SSSR count). The largest absolute Gasteiger partial charge is 0.296 e. The highest BCUT2D eigenvalue weighted by Gasteiger charge is 2.22. The number of imidazole rings is 1. The van der Waals surface area contributed by atoms with E-state index in [2.05, 4.69) is 26.3 Å². The van der Waals surface area contributed by atoms with Crippen molar-refractivity contribution in [3.63, 3.8) is 0 Å². The van der Waals surface area contributed by atoms with Gasteiger partial charge in [0.05, 0.1) is 10.7 Å². The van der Waals surface area contributed by atoms with Crippen molar-refractivity contribution in [1.82, 2.24) is 15.0 Å². The third-order valence-electron chi connectivity index (χ3n) is 3.71. The van der Waals surface area contributed by atoms with Crippen molar-refractivity contribution in [2.45, 2.75) is 6.92 Å². The predicted molar refractivity (Wildman–Crippen MR) is 103 cm³/mol. The van der Waals surface area contributed by atoms with Crippen molar-refractivity contribution in [1.29, 1.82) is 0 Å². The fraction of sp³-hybridized carbons (Fsp3) is 0.0588. The number of hydrogen-bond donors (Lipinski definition) is 2. The molecule has 0 spiro atoms. The van der Waals surface area contributed by atoms with E-state index in [0.717, 1.165) is 10.2 Å². The highest BCUT2D eigenvalue weighted by atomic mass is 79.9. The van der Waals surface area contributed by atoms with Crippen LogP contribution in [0.25, 0.3) is 17.1 Å². The first-order chi connectivity index (χ1) is 11.9. The van der Waals surface area contributed by atoms with Crippen LogP contribution in [0.2, 0.25) is 10.0 Å². The van der Waals surface area contributed by atoms with E-state index in [4.69, 9.17) is 29.0 Å². The molecule has 5 nitrogen and oxygen atoms in total. The van der Waals surface area contributed by atoms with Crippen molar-refractivity contribution in [2.24, 2.45) is 5.84 Å². The second-order valence-corrected chi connectivity index (χ2v) is 7.04. The molecule has 3 aromatic rings. The molecule has 0 radical (unpaired) electrons. The second kappa shape index (κ2) is 7.17. The van der Waals surface area contributed by atoms with Gasteiger partial charge in [-0.2, -0.15) is 0 Å². The van der Waals surface area contributed by atoms with E-state index in [0.29, 0.717) is 27.1 Å². The summed E-state index contributed by atoms with van der Waals surface area (Å²) in [5.41, 5.74) is 4.49. The summed E-state index contributed by atoms with van der Waals surface area (Å²) >= 11 is 15.8. The van der Waals surface area contributed by atoms with Crippen LogP contribution in [0.5, 0.6) is 0 Å².